The number of hydrogen-bond acceptors (Lipinski definition) is 1. The highest BCUT2D eigenvalue weighted by Gasteiger charge is 2.14. The smallest absolute Gasteiger partial charge is 0.101 e. The molecule has 106 valence electrons. The number of allylic oxidation sites excluding steroid dienone is 1. The Morgan fingerprint density at radius 1 is 0.905 bits per heavy atom. The summed E-state index contributed by atoms with van der Waals surface area (Å²) in [6.07, 6.45) is 0. The van der Waals surface area contributed by atoms with E-state index in [-0.39, 0.29) is 5.41 Å². The predicted octanol–water partition coefficient (Wildman–Crippen LogP) is 5.61. The highest BCUT2D eigenvalue weighted by Crippen LogP contribution is 2.31. The number of rotatable bonds is 2. The van der Waals surface area contributed by atoms with E-state index in [0.29, 0.717) is 10.6 Å². The van der Waals surface area contributed by atoms with Crippen molar-refractivity contribution in [3.05, 3.63) is 71.3 Å². The van der Waals surface area contributed by atoms with Gasteiger partial charge in [-0.3, -0.25) is 0 Å². The maximum atomic E-state index is 9.40. The van der Waals surface area contributed by atoms with E-state index in [9.17, 15) is 5.26 Å². The summed E-state index contributed by atoms with van der Waals surface area (Å²) in [5, 5.41) is 9.89. The van der Waals surface area contributed by atoms with Gasteiger partial charge in [0.2, 0.25) is 0 Å². The van der Waals surface area contributed by atoms with Crippen molar-refractivity contribution >= 4 is 22.2 Å². The van der Waals surface area contributed by atoms with Gasteiger partial charge in [-0.05, 0) is 22.1 Å². The Labute approximate surface area is 131 Å². The van der Waals surface area contributed by atoms with Gasteiger partial charge in [-0.25, -0.2) is 0 Å². The maximum Gasteiger partial charge on any atom is 0.101 e. The lowest BCUT2D eigenvalue weighted by atomic mass is 9.86. The molecule has 0 aliphatic heterocycles. The van der Waals surface area contributed by atoms with Crippen LogP contribution in [0.5, 0.6) is 0 Å². The van der Waals surface area contributed by atoms with Crippen LogP contribution in [0.4, 0.5) is 0 Å². The van der Waals surface area contributed by atoms with E-state index in [1.54, 1.807) is 0 Å². The third-order valence-electron chi connectivity index (χ3n) is 3.40. The zero-order chi connectivity index (χ0) is 15.5. The van der Waals surface area contributed by atoms with Crippen molar-refractivity contribution in [1.29, 1.82) is 5.26 Å². The molecule has 0 atom stereocenters. The Bertz CT molecular complexity index is 683. The normalized spacial score (nSPS) is 12.5. The Morgan fingerprint density at radius 3 is 1.95 bits per heavy atom. The second-order valence-electron chi connectivity index (χ2n) is 5.99. The van der Waals surface area contributed by atoms with Crippen LogP contribution in [-0.2, 0) is 5.41 Å². The monoisotopic (exact) mass is 295 g/mol. The van der Waals surface area contributed by atoms with Crippen LogP contribution in [0.15, 0.2) is 54.6 Å². The number of nitriles is 1. The van der Waals surface area contributed by atoms with Crippen LogP contribution in [0.3, 0.4) is 0 Å². The van der Waals surface area contributed by atoms with Gasteiger partial charge in [-0.2, -0.15) is 5.26 Å². The van der Waals surface area contributed by atoms with Crippen LogP contribution >= 0.6 is 11.6 Å². The summed E-state index contributed by atoms with van der Waals surface area (Å²) in [6, 6.07) is 19.8. The molecule has 0 radical (unpaired) electrons. The Kier molecular flexibility index (Phi) is 4.50. The molecule has 0 spiro atoms. The highest BCUT2D eigenvalue weighted by atomic mass is 35.5. The van der Waals surface area contributed by atoms with Crippen LogP contribution in [-0.4, -0.2) is 0 Å². The van der Waals surface area contributed by atoms with Crippen molar-refractivity contribution in [3.8, 4) is 6.07 Å². The Balaban J connectivity index is 2.45. The summed E-state index contributed by atoms with van der Waals surface area (Å²) < 4.78 is 0. The summed E-state index contributed by atoms with van der Waals surface area (Å²) in [4.78, 5) is 0. The molecule has 2 aromatic carbocycles. The molecule has 0 unspecified atom stereocenters. The van der Waals surface area contributed by atoms with Crippen LogP contribution in [0.25, 0.3) is 10.6 Å². The molecule has 0 bridgehead atoms. The van der Waals surface area contributed by atoms with E-state index in [2.05, 4.69) is 39.0 Å². The summed E-state index contributed by atoms with van der Waals surface area (Å²) in [5.74, 6) is 0. The van der Waals surface area contributed by atoms with Crippen LogP contribution < -0.4 is 0 Å². The quantitative estimate of drug-likeness (QED) is 0.521. The van der Waals surface area contributed by atoms with E-state index in [1.165, 1.54) is 5.56 Å². The molecule has 0 aliphatic carbocycles. The Hall–Kier alpha value is -2.04. The first-order valence-electron chi connectivity index (χ1n) is 6.89. The first kappa shape index (κ1) is 15.4. The van der Waals surface area contributed by atoms with Gasteiger partial charge in [0, 0.05) is 0 Å². The summed E-state index contributed by atoms with van der Waals surface area (Å²) in [7, 11) is 0. The van der Waals surface area contributed by atoms with E-state index in [4.69, 9.17) is 11.6 Å². The van der Waals surface area contributed by atoms with Crippen molar-refractivity contribution < 1.29 is 0 Å². The fraction of sp³-hybridized carbons (Fsp3) is 0.211. The lowest BCUT2D eigenvalue weighted by Crippen LogP contribution is -2.10. The van der Waals surface area contributed by atoms with Gasteiger partial charge in [0.1, 0.15) is 6.07 Å². The van der Waals surface area contributed by atoms with Gasteiger partial charge in [0.05, 0.1) is 10.6 Å². The fourth-order valence-electron chi connectivity index (χ4n) is 2.11. The van der Waals surface area contributed by atoms with Gasteiger partial charge < -0.3 is 0 Å². The molecule has 0 aromatic heterocycles. The lowest BCUT2D eigenvalue weighted by Gasteiger charge is -2.19. The van der Waals surface area contributed by atoms with Crippen molar-refractivity contribution in [2.24, 2.45) is 0 Å². The molecular formula is C19H18ClN. The lowest BCUT2D eigenvalue weighted by molar-refractivity contribution is 0.590. The average molecular weight is 296 g/mol. The largest absolute Gasteiger partial charge is 0.192 e. The van der Waals surface area contributed by atoms with Gasteiger partial charge in [-0.1, -0.05) is 87.0 Å². The zero-order valence-corrected chi connectivity index (χ0v) is 13.3. The predicted molar refractivity (Wildman–Crippen MR) is 89.9 cm³/mol. The minimum atomic E-state index is 0.103. The number of benzene rings is 2. The first-order chi connectivity index (χ1) is 9.93. The van der Waals surface area contributed by atoms with Crippen molar-refractivity contribution in [3.63, 3.8) is 0 Å². The molecule has 0 N–H and O–H groups in total. The van der Waals surface area contributed by atoms with E-state index in [1.807, 2.05) is 42.5 Å². The van der Waals surface area contributed by atoms with Crippen LogP contribution in [0.1, 0.15) is 37.5 Å². The van der Waals surface area contributed by atoms with Gasteiger partial charge in [0.25, 0.3) is 0 Å². The van der Waals surface area contributed by atoms with Crippen molar-refractivity contribution in [2.45, 2.75) is 26.2 Å². The van der Waals surface area contributed by atoms with Crippen molar-refractivity contribution in [1.82, 2.24) is 0 Å². The molecule has 2 aromatic rings. The van der Waals surface area contributed by atoms with Crippen LogP contribution in [0, 0.1) is 11.3 Å². The van der Waals surface area contributed by atoms with E-state index < -0.39 is 0 Å². The summed E-state index contributed by atoms with van der Waals surface area (Å²) in [6.45, 7) is 6.51. The SMILES string of the molecule is CC(C)(C)c1ccc(C(Cl)=C(C#N)c2ccccc2)cc1. The zero-order valence-electron chi connectivity index (χ0n) is 12.5. The van der Waals surface area contributed by atoms with E-state index in [0.717, 1.165) is 11.1 Å². The molecule has 2 rings (SSSR count). The highest BCUT2D eigenvalue weighted by molar-refractivity contribution is 6.53. The van der Waals surface area contributed by atoms with Gasteiger partial charge in [-0.15, -0.1) is 0 Å². The number of hydrogen-bond donors (Lipinski definition) is 0. The first-order valence-corrected chi connectivity index (χ1v) is 7.27. The van der Waals surface area contributed by atoms with Gasteiger partial charge in [0.15, 0.2) is 0 Å². The number of nitrogens with zero attached hydrogens (tertiary/aromatic N) is 1. The van der Waals surface area contributed by atoms with Gasteiger partial charge >= 0.3 is 0 Å². The molecule has 0 amide bonds. The summed E-state index contributed by atoms with van der Waals surface area (Å²) in [5.41, 5.74) is 3.55. The average Bonchev–Trinajstić information content (AvgIpc) is 2.48. The molecule has 0 heterocycles. The molecule has 2 heteroatoms. The van der Waals surface area contributed by atoms with Crippen LogP contribution in [0.2, 0.25) is 0 Å². The molecule has 0 fully saturated rings. The van der Waals surface area contributed by atoms with E-state index >= 15 is 0 Å². The second-order valence-corrected chi connectivity index (χ2v) is 6.37. The third-order valence-corrected chi connectivity index (χ3v) is 3.81. The van der Waals surface area contributed by atoms with Crippen molar-refractivity contribution in [2.75, 3.05) is 0 Å². The fourth-order valence-corrected chi connectivity index (χ4v) is 2.38. The maximum absolute atomic E-state index is 9.40. The number of halogens is 1. The standard InChI is InChI=1S/C19H18ClN/c1-19(2,3)16-11-9-15(10-12-16)18(20)17(13-21)14-7-5-4-6-8-14/h4-12H,1-3H3. The molecule has 21 heavy (non-hydrogen) atoms. The molecule has 0 aliphatic rings. The molecular weight excluding hydrogens is 278 g/mol. The second kappa shape index (κ2) is 6.16. The molecule has 0 saturated heterocycles. The topological polar surface area (TPSA) is 23.8 Å². The molecule has 0 saturated carbocycles. The minimum Gasteiger partial charge on any atom is -0.192 e. The third kappa shape index (κ3) is 3.54. The minimum absolute atomic E-state index is 0.103. The molecule has 1 nitrogen and oxygen atoms in total. The Morgan fingerprint density at radius 2 is 1.48 bits per heavy atom. The summed E-state index contributed by atoms with van der Waals surface area (Å²) >= 11 is 6.43.